The molecule has 1 N–H and O–H groups in total. The Bertz CT molecular complexity index is 612. The van der Waals surface area contributed by atoms with E-state index < -0.39 is 0 Å². The summed E-state index contributed by atoms with van der Waals surface area (Å²) in [5.41, 5.74) is 4.09. The molecule has 0 amide bonds. The summed E-state index contributed by atoms with van der Waals surface area (Å²) in [6, 6.07) is 20.4. The summed E-state index contributed by atoms with van der Waals surface area (Å²) in [6.07, 6.45) is 1.21. The van der Waals surface area contributed by atoms with Gasteiger partial charge in [0.15, 0.2) is 0 Å². The third-order valence-corrected chi connectivity index (χ3v) is 5.06. The number of piperazine rings is 1. The number of halogens is 2. The molecule has 2 nitrogen and oxygen atoms in total. The van der Waals surface area contributed by atoms with E-state index in [1.54, 1.807) is 0 Å². The van der Waals surface area contributed by atoms with Crippen LogP contribution in [0.3, 0.4) is 0 Å². The van der Waals surface area contributed by atoms with Crippen molar-refractivity contribution in [1.29, 1.82) is 0 Å². The van der Waals surface area contributed by atoms with Crippen LogP contribution in [0.4, 0.5) is 0 Å². The van der Waals surface area contributed by atoms with Crippen molar-refractivity contribution in [1.82, 2.24) is 10.2 Å². The minimum atomic E-state index is 0. The van der Waals surface area contributed by atoms with E-state index >= 15 is 0 Å². The van der Waals surface area contributed by atoms with Gasteiger partial charge in [0.2, 0.25) is 0 Å². The number of hydrogen-bond donors (Lipinski definition) is 1. The molecule has 1 heterocycles. The Morgan fingerprint density at radius 2 is 1.56 bits per heavy atom. The van der Waals surface area contributed by atoms with Gasteiger partial charge in [-0.25, -0.2) is 0 Å². The minimum Gasteiger partial charge on any atom is -0.314 e. The molecular weight excluding hydrogens is 351 g/mol. The molecule has 3 rings (SSSR count). The van der Waals surface area contributed by atoms with Gasteiger partial charge in [0.1, 0.15) is 0 Å². The monoisotopic (exact) mass is 380 g/mol. The van der Waals surface area contributed by atoms with Crippen LogP contribution in [0, 0.1) is 5.92 Å². The lowest BCUT2D eigenvalue weighted by Crippen LogP contribution is -2.46. The molecule has 1 saturated heterocycles. The first-order chi connectivity index (χ1) is 11.3. The van der Waals surface area contributed by atoms with Crippen LogP contribution in [0.15, 0.2) is 54.6 Å². The Balaban J connectivity index is 0.00000156. The highest BCUT2D eigenvalue weighted by Crippen LogP contribution is 2.33. The number of benzene rings is 2. The van der Waals surface area contributed by atoms with E-state index in [4.69, 9.17) is 0 Å². The van der Waals surface area contributed by atoms with E-state index in [9.17, 15) is 0 Å². The van der Waals surface area contributed by atoms with Crippen LogP contribution in [0.25, 0.3) is 11.1 Å². The second-order valence-corrected chi connectivity index (χ2v) is 6.61. The van der Waals surface area contributed by atoms with Crippen molar-refractivity contribution in [2.24, 2.45) is 5.92 Å². The smallest absolute Gasteiger partial charge is 0.0374 e. The van der Waals surface area contributed by atoms with E-state index in [0.29, 0.717) is 12.0 Å². The molecule has 1 aliphatic heterocycles. The zero-order valence-corrected chi connectivity index (χ0v) is 16.8. The Morgan fingerprint density at radius 3 is 2.20 bits per heavy atom. The van der Waals surface area contributed by atoms with Gasteiger partial charge in [0.25, 0.3) is 0 Å². The van der Waals surface area contributed by atoms with Gasteiger partial charge >= 0.3 is 0 Å². The molecule has 1 unspecified atom stereocenters. The molecule has 4 heteroatoms. The summed E-state index contributed by atoms with van der Waals surface area (Å²) < 4.78 is 0. The van der Waals surface area contributed by atoms with Crippen molar-refractivity contribution in [3.8, 4) is 11.1 Å². The predicted octanol–water partition coefficient (Wildman–Crippen LogP) is 5.19. The van der Waals surface area contributed by atoms with Gasteiger partial charge in [-0.3, -0.25) is 4.90 Å². The molecule has 2 aromatic rings. The fraction of sp³-hybridized carbons (Fsp3) is 0.429. The molecule has 0 spiro atoms. The Morgan fingerprint density at radius 1 is 0.920 bits per heavy atom. The van der Waals surface area contributed by atoms with Gasteiger partial charge in [-0.05, 0) is 28.7 Å². The first-order valence-corrected chi connectivity index (χ1v) is 8.89. The fourth-order valence-corrected chi connectivity index (χ4v) is 3.62. The van der Waals surface area contributed by atoms with Crippen LogP contribution in [0.2, 0.25) is 0 Å². The highest BCUT2D eigenvalue weighted by Gasteiger charge is 2.26. The van der Waals surface area contributed by atoms with Gasteiger partial charge in [0.05, 0.1) is 0 Å². The maximum atomic E-state index is 3.47. The van der Waals surface area contributed by atoms with E-state index in [-0.39, 0.29) is 24.8 Å². The van der Waals surface area contributed by atoms with Gasteiger partial charge < -0.3 is 5.32 Å². The quantitative estimate of drug-likeness (QED) is 0.767. The third-order valence-electron chi connectivity index (χ3n) is 5.06. The predicted molar refractivity (Wildman–Crippen MR) is 113 cm³/mol. The summed E-state index contributed by atoms with van der Waals surface area (Å²) in [5, 5.41) is 3.47. The molecular formula is C21H30Cl2N2. The Labute approximate surface area is 164 Å². The second kappa shape index (κ2) is 10.8. The van der Waals surface area contributed by atoms with Gasteiger partial charge in [0, 0.05) is 32.2 Å². The van der Waals surface area contributed by atoms with Crippen molar-refractivity contribution in [2.75, 3.05) is 26.2 Å². The Kier molecular flexibility index (Phi) is 9.52. The maximum absolute atomic E-state index is 3.47. The topological polar surface area (TPSA) is 15.3 Å². The average molecular weight is 381 g/mol. The van der Waals surface area contributed by atoms with Gasteiger partial charge in [-0.15, -0.1) is 24.8 Å². The highest BCUT2D eigenvalue weighted by molar-refractivity contribution is 5.85. The molecule has 1 aliphatic rings. The zero-order valence-electron chi connectivity index (χ0n) is 15.2. The van der Waals surface area contributed by atoms with Crippen molar-refractivity contribution >= 4 is 24.8 Å². The molecule has 0 radical (unpaired) electrons. The lowest BCUT2D eigenvalue weighted by Gasteiger charge is -2.38. The van der Waals surface area contributed by atoms with Crippen LogP contribution in [0.1, 0.15) is 31.9 Å². The largest absolute Gasteiger partial charge is 0.314 e. The average Bonchev–Trinajstić information content (AvgIpc) is 2.64. The normalized spacial score (nSPS) is 17.0. The highest BCUT2D eigenvalue weighted by atomic mass is 35.5. The molecule has 138 valence electrons. The molecule has 25 heavy (non-hydrogen) atoms. The third kappa shape index (κ3) is 5.46. The lowest BCUT2D eigenvalue weighted by atomic mass is 9.89. The summed E-state index contributed by atoms with van der Waals surface area (Å²) in [6.45, 7) is 9.19. The molecule has 0 aliphatic carbocycles. The molecule has 0 bridgehead atoms. The van der Waals surface area contributed by atoms with Crippen molar-refractivity contribution in [3.05, 3.63) is 60.2 Å². The SMILES string of the molecule is CCC(C)[C@@H](c1cccc(-c2ccccc2)c1)N1CCNCC1.Cl.Cl. The number of nitrogens with one attached hydrogen (secondary N) is 1. The van der Waals surface area contributed by atoms with Crippen molar-refractivity contribution in [2.45, 2.75) is 26.3 Å². The van der Waals surface area contributed by atoms with E-state index in [1.165, 1.54) is 23.1 Å². The molecule has 2 atom stereocenters. The molecule has 2 aromatic carbocycles. The molecule has 1 fully saturated rings. The van der Waals surface area contributed by atoms with E-state index in [1.807, 2.05) is 0 Å². The van der Waals surface area contributed by atoms with Crippen LogP contribution >= 0.6 is 24.8 Å². The summed E-state index contributed by atoms with van der Waals surface area (Å²) >= 11 is 0. The number of rotatable bonds is 5. The lowest BCUT2D eigenvalue weighted by molar-refractivity contribution is 0.128. The second-order valence-electron chi connectivity index (χ2n) is 6.61. The Hall–Kier alpha value is -1.06. The van der Waals surface area contributed by atoms with Crippen molar-refractivity contribution < 1.29 is 0 Å². The maximum Gasteiger partial charge on any atom is 0.0374 e. The summed E-state index contributed by atoms with van der Waals surface area (Å²) in [5.74, 6) is 0.666. The first-order valence-electron chi connectivity index (χ1n) is 8.89. The zero-order chi connectivity index (χ0) is 16.1. The van der Waals surface area contributed by atoms with E-state index in [0.717, 1.165) is 26.2 Å². The van der Waals surface area contributed by atoms with Crippen LogP contribution in [0.5, 0.6) is 0 Å². The number of hydrogen-bond acceptors (Lipinski definition) is 2. The minimum absolute atomic E-state index is 0. The summed E-state index contributed by atoms with van der Waals surface area (Å²) in [7, 11) is 0. The molecule has 0 saturated carbocycles. The standard InChI is InChI=1S/C21H28N2.2ClH/c1-3-17(2)21(23-14-12-22-13-15-23)20-11-7-10-19(16-20)18-8-5-4-6-9-18;;/h4-11,16-17,21-22H,3,12-15H2,1-2H3;2*1H/t17?,21-;;/m0../s1. The molecule has 0 aromatic heterocycles. The first kappa shape index (κ1) is 22.0. The summed E-state index contributed by atoms with van der Waals surface area (Å²) in [4.78, 5) is 2.66. The van der Waals surface area contributed by atoms with E-state index in [2.05, 4.69) is 78.7 Å². The van der Waals surface area contributed by atoms with Crippen LogP contribution < -0.4 is 5.32 Å². The van der Waals surface area contributed by atoms with Crippen LogP contribution in [-0.4, -0.2) is 31.1 Å². The van der Waals surface area contributed by atoms with Gasteiger partial charge in [-0.1, -0.05) is 68.8 Å². The van der Waals surface area contributed by atoms with Gasteiger partial charge in [-0.2, -0.15) is 0 Å². The van der Waals surface area contributed by atoms with Crippen LogP contribution in [-0.2, 0) is 0 Å². The fourth-order valence-electron chi connectivity index (χ4n) is 3.62. The van der Waals surface area contributed by atoms with Crippen molar-refractivity contribution in [3.63, 3.8) is 0 Å². The number of nitrogens with zero attached hydrogens (tertiary/aromatic N) is 1.